The summed E-state index contributed by atoms with van der Waals surface area (Å²) < 4.78 is 0. The monoisotopic (exact) mass is 285 g/mol. The summed E-state index contributed by atoms with van der Waals surface area (Å²) in [5.41, 5.74) is 0. The summed E-state index contributed by atoms with van der Waals surface area (Å²) in [7, 11) is 0. The van der Waals surface area contributed by atoms with Crippen LogP contribution in [-0.2, 0) is 4.79 Å². The first-order valence-corrected chi connectivity index (χ1v) is 7.42. The second-order valence-electron chi connectivity index (χ2n) is 5.62. The molecule has 1 fully saturated rings. The van der Waals surface area contributed by atoms with Crippen molar-refractivity contribution in [2.45, 2.75) is 46.2 Å². The number of likely N-dealkylation sites (tertiary alicyclic amines) is 1. The Balaban J connectivity index is 2.55. The highest BCUT2D eigenvalue weighted by Crippen LogP contribution is 2.16. The average Bonchev–Trinajstić information content (AvgIpc) is 2.86. The van der Waals surface area contributed by atoms with E-state index in [9.17, 15) is 9.59 Å². The van der Waals surface area contributed by atoms with Crippen LogP contribution in [0.25, 0.3) is 0 Å². The normalized spacial score (nSPS) is 20.5. The Hall–Kier alpha value is -1.30. The van der Waals surface area contributed by atoms with Crippen LogP contribution in [0.2, 0.25) is 0 Å². The van der Waals surface area contributed by atoms with Gasteiger partial charge in [0.1, 0.15) is 6.04 Å². The van der Waals surface area contributed by atoms with Crippen molar-refractivity contribution in [3.63, 3.8) is 0 Å². The third kappa shape index (κ3) is 4.10. The van der Waals surface area contributed by atoms with Crippen LogP contribution in [-0.4, -0.2) is 65.2 Å². The van der Waals surface area contributed by atoms with Crippen LogP contribution >= 0.6 is 0 Å². The lowest BCUT2D eigenvalue weighted by molar-refractivity contribution is -0.140. The van der Waals surface area contributed by atoms with E-state index in [0.717, 1.165) is 19.5 Å². The number of aliphatic carboxylic acids is 1. The van der Waals surface area contributed by atoms with Crippen LogP contribution in [0.4, 0.5) is 4.79 Å². The summed E-state index contributed by atoms with van der Waals surface area (Å²) in [4.78, 5) is 27.3. The molecular formula is C14H27N3O3. The molecule has 2 N–H and O–H groups in total. The van der Waals surface area contributed by atoms with Crippen molar-refractivity contribution in [2.24, 2.45) is 5.92 Å². The third-order valence-corrected chi connectivity index (χ3v) is 3.99. The number of carboxylic acids is 1. The van der Waals surface area contributed by atoms with Gasteiger partial charge in [0.05, 0.1) is 0 Å². The van der Waals surface area contributed by atoms with E-state index in [1.807, 2.05) is 0 Å². The smallest absolute Gasteiger partial charge is 0.326 e. The van der Waals surface area contributed by atoms with E-state index in [-0.39, 0.29) is 11.9 Å². The zero-order valence-corrected chi connectivity index (χ0v) is 12.9. The fourth-order valence-corrected chi connectivity index (χ4v) is 2.70. The number of carboxylic acid groups (broad SMARTS) is 1. The van der Waals surface area contributed by atoms with Crippen LogP contribution in [0.1, 0.15) is 34.1 Å². The largest absolute Gasteiger partial charge is 0.480 e. The highest BCUT2D eigenvalue weighted by Gasteiger charge is 2.32. The first-order valence-electron chi connectivity index (χ1n) is 7.42. The Bertz CT molecular complexity index is 343. The second-order valence-corrected chi connectivity index (χ2v) is 5.62. The minimum atomic E-state index is -0.979. The van der Waals surface area contributed by atoms with Gasteiger partial charge in [0.25, 0.3) is 0 Å². The van der Waals surface area contributed by atoms with E-state index in [1.165, 1.54) is 0 Å². The predicted octanol–water partition coefficient (Wildman–Crippen LogP) is 1.22. The van der Waals surface area contributed by atoms with Gasteiger partial charge in [-0.15, -0.1) is 0 Å². The minimum absolute atomic E-state index is 0.127. The zero-order chi connectivity index (χ0) is 15.3. The van der Waals surface area contributed by atoms with Crippen molar-refractivity contribution < 1.29 is 14.7 Å². The summed E-state index contributed by atoms with van der Waals surface area (Å²) in [6, 6.07) is -0.700. The van der Waals surface area contributed by atoms with Crippen molar-refractivity contribution in [3.8, 4) is 0 Å². The van der Waals surface area contributed by atoms with Gasteiger partial charge in [-0.25, -0.2) is 9.59 Å². The number of hydrogen-bond donors (Lipinski definition) is 2. The number of hydrogen-bond acceptors (Lipinski definition) is 3. The molecule has 0 aromatic heterocycles. The molecule has 1 rings (SSSR count). The van der Waals surface area contributed by atoms with E-state index in [0.29, 0.717) is 19.1 Å². The molecule has 6 heteroatoms. The van der Waals surface area contributed by atoms with E-state index in [2.05, 4.69) is 24.1 Å². The maximum absolute atomic E-state index is 12.1. The lowest BCUT2D eigenvalue weighted by Crippen LogP contribution is -2.50. The number of urea groups is 1. The average molecular weight is 285 g/mol. The van der Waals surface area contributed by atoms with Gasteiger partial charge in [-0.05, 0) is 25.4 Å². The topological polar surface area (TPSA) is 72.9 Å². The number of carbonyl (C=O) groups excluding carboxylic acids is 1. The molecule has 0 spiro atoms. The third-order valence-electron chi connectivity index (χ3n) is 3.99. The van der Waals surface area contributed by atoms with Crippen molar-refractivity contribution >= 4 is 12.0 Å². The molecule has 2 unspecified atom stereocenters. The summed E-state index contributed by atoms with van der Waals surface area (Å²) >= 11 is 0. The molecule has 0 saturated carbocycles. The number of carbonyl (C=O) groups is 2. The molecule has 2 amide bonds. The molecule has 1 heterocycles. The molecule has 0 aromatic carbocycles. The van der Waals surface area contributed by atoms with Crippen LogP contribution in [0.3, 0.4) is 0 Å². The Morgan fingerprint density at radius 1 is 1.35 bits per heavy atom. The van der Waals surface area contributed by atoms with Gasteiger partial charge in [-0.2, -0.15) is 0 Å². The molecule has 1 aliphatic rings. The molecule has 1 aliphatic heterocycles. The van der Waals surface area contributed by atoms with Gasteiger partial charge >= 0.3 is 12.0 Å². The Morgan fingerprint density at radius 2 is 1.95 bits per heavy atom. The predicted molar refractivity (Wildman–Crippen MR) is 77.7 cm³/mol. The standard InChI is InChI=1S/C14H27N3O3/c1-5-16(6-2)11-7-8-17(9-11)14(20)15-12(10(3)4)13(18)19/h10-12H,5-9H2,1-4H3,(H,15,20)(H,18,19). The Morgan fingerprint density at radius 3 is 2.40 bits per heavy atom. The Labute approximate surface area is 121 Å². The summed E-state index contributed by atoms with van der Waals surface area (Å²) in [6.45, 7) is 11.1. The molecule has 0 aromatic rings. The number of nitrogens with zero attached hydrogens (tertiary/aromatic N) is 2. The molecule has 20 heavy (non-hydrogen) atoms. The van der Waals surface area contributed by atoms with Crippen molar-refractivity contribution in [3.05, 3.63) is 0 Å². The maximum atomic E-state index is 12.1. The number of amides is 2. The lowest BCUT2D eigenvalue weighted by Gasteiger charge is -2.27. The summed E-state index contributed by atoms with van der Waals surface area (Å²) in [6.07, 6.45) is 0.953. The first kappa shape index (κ1) is 16.8. The molecular weight excluding hydrogens is 258 g/mol. The van der Waals surface area contributed by atoms with E-state index in [1.54, 1.807) is 18.7 Å². The molecule has 6 nitrogen and oxygen atoms in total. The Kier molecular flexibility index (Phi) is 6.26. The summed E-state index contributed by atoms with van der Waals surface area (Å²) in [5, 5.41) is 11.7. The fourth-order valence-electron chi connectivity index (χ4n) is 2.70. The van der Waals surface area contributed by atoms with Crippen molar-refractivity contribution in [1.82, 2.24) is 15.1 Å². The van der Waals surface area contributed by atoms with Crippen molar-refractivity contribution in [2.75, 3.05) is 26.2 Å². The zero-order valence-electron chi connectivity index (χ0n) is 12.9. The molecule has 2 atom stereocenters. The molecule has 116 valence electrons. The lowest BCUT2D eigenvalue weighted by atomic mass is 10.1. The highest BCUT2D eigenvalue weighted by molar-refractivity contribution is 5.82. The van der Waals surface area contributed by atoms with E-state index >= 15 is 0 Å². The number of likely N-dealkylation sites (N-methyl/N-ethyl adjacent to an activating group) is 1. The highest BCUT2D eigenvalue weighted by atomic mass is 16.4. The minimum Gasteiger partial charge on any atom is -0.480 e. The SMILES string of the molecule is CCN(CC)C1CCN(C(=O)NC(C(=O)O)C(C)C)C1. The first-order chi connectivity index (χ1) is 9.40. The van der Waals surface area contributed by atoms with Gasteiger partial charge in [0.2, 0.25) is 0 Å². The fraction of sp³-hybridized carbons (Fsp3) is 0.857. The van der Waals surface area contributed by atoms with Gasteiger partial charge in [0.15, 0.2) is 0 Å². The van der Waals surface area contributed by atoms with Gasteiger partial charge in [-0.1, -0.05) is 27.7 Å². The number of nitrogens with one attached hydrogen (secondary N) is 1. The second kappa shape index (κ2) is 7.47. The van der Waals surface area contributed by atoms with Crippen LogP contribution in [0.15, 0.2) is 0 Å². The van der Waals surface area contributed by atoms with Crippen LogP contribution in [0.5, 0.6) is 0 Å². The van der Waals surface area contributed by atoms with Crippen LogP contribution in [0, 0.1) is 5.92 Å². The molecule has 0 radical (unpaired) electrons. The van der Waals surface area contributed by atoms with E-state index < -0.39 is 12.0 Å². The van der Waals surface area contributed by atoms with Gasteiger partial charge in [-0.3, -0.25) is 4.90 Å². The molecule has 0 aliphatic carbocycles. The van der Waals surface area contributed by atoms with Gasteiger partial charge in [0, 0.05) is 19.1 Å². The van der Waals surface area contributed by atoms with Crippen LogP contribution < -0.4 is 5.32 Å². The van der Waals surface area contributed by atoms with Gasteiger partial charge < -0.3 is 15.3 Å². The van der Waals surface area contributed by atoms with E-state index in [4.69, 9.17) is 5.11 Å². The quantitative estimate of drug-likeness (QED) is 0.769. The maximum Gasteiger partial charge on any atom is 0.326 e. The molecule has 0 bridgehead atoms. The summed E-state index contributed by atoms with van der Waals surface area (Å²) in [5.74, 6) is -1.11. The van der Waals surface area contributed by atoms with Crippen molar-refractivity contribution in [1.29, 1.82) is 0 Å². The molecule has 1 saturated heterocycles. The number of rotatable bonds is 6.